The van der Waals surface area contributed by atoms with Gasteiger partial charge in [-0.1, -0.05) is 22.0 Å². The molecule has 15 heavy (non-hydrogen) atoms. The Hall–Kier alpha value is -1.29. The second-order valence-electron chi connectivity index (χ2n) is 3.19. The van der Waals surface area contributed by atoms with Crippen LogP contribution < -0.4 is 0 Å². The molecule has 0 aliphatic rings. The minimum Gasteiger partial charge on any atom is -0.465 e. The van der Waals surface area contributed by atoms with Crippen LogP contribution in [-0.4, -0.2) is 18.1 Å². The molecule has 0 atom stereocenters. The second kappa shape index (κ2) is 4.06. The summed E-state index contributed by atoms with van der Waals surface area (Å²) in [5, 5.41) is 1.64. The van der Waals surface area contributed by atoms with E-state index >= 15 is 0 Å². The molecule has 0 fully saturated rings. The van der Waals surface area contributed by atoms with E-state index in [1.54, 1.807) is 6.07 Å². The predicted molar refractivity (Wildman–Crippen MR) is 62.3 cm³/mol. The third-order valence-electron chi connectivity index (χ3n) is 2.27. The molecule has 78 valence electrons. The molecule has 1 heterocycles. The first-order valence-corrected chi connectivity index (χ1v) is 5.63. The summed E-state index contributed by atoms with van der Waals surface area (Å²) in [6.07, 6.45) is 0. The lowest BCUT2D eigenvalue weighted by molar-refractivity contribution is 0.0603. The summed E-state index contributed by atoms with van der Waals surface area (Å²) >= 11 is 3.37. The Morgan fingerprint density at radius 3 is 3.00 bits per heavy atom. The number of nitrogens with one attached hydrogen (secondary N) is 1. The summed E-state index contributed by atoms with van der Waals surface area (Å²) in [6.45, 7) is 0. The number of hydrogen-bond acceptors (Lipinski definition) is 2. The highest BCUT2D eigenvalue weighted by Crippen LogP contribution is 2.21. The maximum absolute atomic E-state index is 11.5. The number of H-pyrrole nitrogens is 1. The normalized spacial score (nSPS) is 10.5. The quantitative estimate of drug-likeness (QED) is 0.672. The number of rotatable bonds is 2. The molecule has 0 spiro atoms. The van der Waals surface area contributed by atoms with Gasteiger partial charge in [0.15, 0.2) is 0 Å². The molecule has 3 nitrogen and oxygen atoms in total. The second-order valence-corrected chi connectivity index (χ2v) is 3.75. The number of methoxy groups -OCH3 is 1. The van der Waals surface area contributed by atoms with E-state index in [9.17, 15) is 4.79 Å². The summed E-state index contributed by atoms with van der Waals surface area (Å²) in [6, 6.07) is 7.49. The molecule has 0 saturated carbocycles. The first kappa shape index (κ1) is 10.2. The number of benzene rings is 1. The van der Waals surface area contributed by atoms with Crippen LogP contribution in [0.15, 0.2) is 24.3 Å². The predicted octanol–water partition coefficient (Wildman–Crippen LogP) is 2.85. The molecule has 0 bridgehead atoms. The fourth-order valence-corrected chi connectivity index (χ4v) is 1.87. The molecule has 0 aliphatic heterocycles. The van der Waals surface area contributed by atoms with Crippen LogP contribution in [-0.2, 0) is 10.1 Å². The van der Waals surface area contributed by atoms with Gasteiger partial charge >= 0.3 is 5.97 Å². The Labute approximate surface area is 95.6 Å². The largest absolute Gasteiger partial charge is 0.465 e. The number of carbonyl (C=O) groups is 1. The summed E-state index contributed by atoms with van der Waals surface area (Å²) in [4.78, 5) is 14.7. The molecule has 2 aromatic rings. The number of aromatic amines is 1. The monoisotopic (exact) mass is 267 g/mol. The van der Waals surface area contributed by atoms with Gasteiger partial charge in [-0.3, -0.25) is 0 Å². The number of esters is 1. The topological polar surface area (TPSA) is 42.1 Å². The number of aromatic nitrogens is 1. The molecule has 0 aliphatic carbocycles. The van der Waals surface area contributed by atoms with Gasteiger partial charge in [0, 0.05) is 21.9 Å². The van der Waals surface area contributed by atoms with Crippen molar-refractivity contribution < 1.29 is 9.53 Å². The van der Waals surface area contributed by atoms with E-state index in [1.165, 1.54) is 7.11 Å². The van der Waals surface area contributed by atoms with Gasteiger partial charge in [0.05, 0.1) is 12.7 Å². The van der Waals surface area contributed by atoms with E-state index in [-0.39, 0.29) is 5.97 Å². The Morgan fingerprint density at radius 2 is 2.33 bits per heavy atom. The third-order valence-corrected chi connectivity index (χ3v) is 2.87. The molecule has 1 N–H and O–H groups in total. The van der Waals surface area contributed by atoms with E-state index in [0.29, 0.717) is 5.56 Å². The van der Waals surface area contributed by atoms with Crippen molar-refractivity contribution in [2.75, 3.05) is 7.11 Å². The molecule has 0 unspecified atom stereocenters. The fraction of sp³-hybridized carbons (Fsp3) is 0.182. The highest BCUT2D eigenvalue weighted by molar-refractivity contribution is 9.08. The van der Waals surface area contributed by atoms with Crippen LogP contribution in [0.1, 0.15) is 16.1 Å². The van der Waals surface area contributed by atoms with Gasteiger partial charge in [-0.2, -0.15) is 0 Å². The zero-order valence-electron chi connectivity index (χ0n) is 8.21. The number of fused-ring (bicyclic) bond motifs is 1. The number of ether oxygens (including phenoxy) is 1. The maximum atomic E-state index is 11.5. The van der Waals surface area contributed by atoms with Gasteiger partial charge < -0.3 is 9.72 Å². The van der Waals surface area contributed by atoms with Gasteiger partial charge in [0.25, 0.3) is 0 Å². The van der Waals surface area contributed by atoms with Gasteiger partial charge in [-0.25, -0.2) is 4.79 Å². The molecular weight excluding hydrogens is 258 g/mol. The number of alkyl halides is 1. The molecule has 0 radical (unpaired) electrons. The standard InChI is InChI=1S/C11H10BrNO2/c1-15-11(14)8-3-2-4-10-9(8)5-7(6-12)13-10/h2-5,13H,6H2,1H3. The van der Waals surface area contributed by atoms with Crippen molar-refractivity contribution in [1.82, 2.24) is 4.98 Å². The van der Waals surface area contributed by atoms with Crippen LogP contribution in [0.3, 0.4) is 0 Å². The first-order valence-electron chi connectivity index (χ1n) is 4.51. The fourth-order valence-electron chi connectivity index (χ4n) is 1.57. The van der Waals surface area contributed by atoms with Gasteiger partial charge in [0.1, 0.15) is 0 Å². The van der Waals surface area contributed by atoms with Crippen molar-refractivity contribution in [3.63, 3.8) is 0 Å². The highest BCUT2D eigenvalue weighted by Gasteiger charge is 2.11. The molecule has 0 saturated heterocycles. The number of halogens is 1. The van der Waals surface area contributed by atoms with Crippen molar-refractivity contribution in [2.24, 2.45) is 0 Å². The summed E-state index contributed by atoms with van der Waals surface area (Å²) < 4.78 is 4.72. The average Bonchev–Trinajstić information content (AvgIpc) is 2.70. The van der Waals surface area contributed by atoms with Crippen molar-refractivity contribution >= 4 is 32.8 Å². The Balaban J connectivity index is 2.64. The molecule has 1 aromatic carbocycles. The van der Waals surface area contributed by atoms with Crippen LogP contribution in [0.25, 0.3) is 10.9 Å². The lowest BCUT2D eigenvalue weighted by Crippen LogP contribution is -2.00. The van der Waals surface area contributed by atoms with Gasteiger partial charge in [0.2, 0.25) is 0 Å². The maximum Gasteiger partial charge on any atom is 0.338 e. The smallest absolute Gasteiger partial charge is 0.338 e. The lowest BCUT2D eigenvalue weighted by Gasteiger charge is -1.99. The van der Waals surface area contributed by atoms with E-state index in [0.717, 1.165) is 21.9 Å². The molecule has 2 rings (SSSR count). The van der Waals surface area contributed by atoms with Crippen molar-refractivity contribution in [2.45, 2.75) is 5.33 Å². The molecular formula is C11H10BrNO2. The van der Waals surface area contributed by atoms with E-state index in [4.69, 9.17) is 4.74 Å². The van der Waals surface area contributed by atoms with E-state index < -0.39 is 0 Å². The average molecular weight is 268 g/mol. The zero-order valence-corrected chi connectivity index (χ0v) is 9.80. The van der Waals surface area contributed by atoms with E-state index in [1.807, 2.05) is 18.2 Å². The van der Waals surface area contributed by atoms with Crippen molar-refractivity contribution in [3.8, 4) is 0 Å². The van der Waals surface area contributed by atoms with Crippen LogP contribution in [0.2, 0.25) is 0 Å². The van der Waals surface area contributed by atoms with Gasteiger partial charge in [-0.05, 0) is 18.2 Å². The Morgan fingerprint density at radius 1 is 1.53 bits per heavy atom. The minimum absolute atomic E-state index is 0.305. The van der Waals surface area contributed by atoms with Crippen LogP contribution in [0, 0.1) is 0 Å². The zero-order chi connectivity index (χ0) is 10.8. The molecule has 0 amide bonds. The summed E-state index contributed by atoms with van der Waals surface area (Å²) in [7, 11) is 1.39. The SMILES string of the molecule is COC(=O)c1cccc2[nH]c(CBr)cc12. The lowest BCUT2D eigenvalue weighted by atomic mass is 10.1. The van der Waals surface area contributed by atoms with Crippen LogP contribution in [0.5, 0.6) is 0 Å². The third kappa shape index (κ3) is 1.77. The Kier molecular flexibility index (Phi) is 2.77. The highest BCUT2D eigenvalue weighted by atomic mass is 79.9. The van der Waals surface area contributed by atoms with Crippen LogP contribution in [0.4, 0.5) is 0 Å². The summed E-state index contributed by atoms with van der Waals surface area (Å²) in [5.41, 5.74) is 2.59. The van der Waals surface area contributed by atoms with Gasteiger partial charge in [-0.15, -0.1) is 0 Å². The van der Waals surface area contributed by atoms with Crippen molar-refractivity contribution in [3.05, 3.63) is 35.5 Å². The minimum atomic E-state index is -0.305. The first-order chi connectivity index (χ1) is 7.26. The van der Waals surface area contributed by atoms with Crippen LogP contribution >= 0.6 is 15.9 Å². The Bertz CT molecular complexity index is 504. The molecule has 1 aromatic heterocycles. The molecule has 4 heteroatoms. The van der Waals surface area contributed by atoms with Crippen molar-refractivity contribution in [1.29, 1.82) is 0 Å². The van der Waals surface area contributed by atoms with E-state index in [2.05, 4.69) is 20.9 Å². The summed E-state index contributed by atoms with van der Waals surface area (Å²) in [5.74, 6) is -0.305. The number of carbonyl (C=O) groups excluding carboxylic acids is 1. The number of hydrogen-bond donors (Lipinski definition) is 1.